The molecule has 0 heterocycles. The van der Waals surface area contributed by atoms with Crippen LogP contribution in [0.25, 0.3) is 0 Å². The number of nitrogens with zero attached hydrogens (tertiary/aromatic N) is 1. The second-order valence-corrected chi connectivity index (χ2v) is 8.84. The van der Waals surface area contributed by atoms with Crippen molar-refractivity contribution in [3.05, 3.63) is 71.0 Å². The Bertz CT molecular complexity index is 1010. The Kier molecular flexibility index (Phi) is 7.73. The van der Waals surface area contributed by atoms with E-state index >= 15 is 0 Å². The molecule has 5 heteroatoms. The van der Waals surface area contributed by atoms with E-state index in [2.05, 4.69) is 13.8 Å². The van der Waals surface area contributed by atoms with Gasteiger partial charge in [0.1, 0.15) is 5.76 Å². The molecule has 1 fully saturated rings. The Morgan fingerprint density at radius 2 is 1.66 bits per heavy atom. The molecule has 0 unspecified atom stereocenters. The van der Waals surface area contributed by atoms with Gasteiger partial charge < -0.3 is 14.6 Å². The van der Waals surface area contributed by atoms with Crippen molar-refractivity contribution >= 4 is 11.5 Å². The van der Waals surface area contributed by atoms with Crippen LogP contribution in [0.15, 0.2) is 64.9 Å². The average molecular weight is 436 g/mol. The molecule has 3 rings (SSSR count). The molecule has 0 spiro atoms. The van der Waals surface area contributed by atoms with E-state index in [4.69, 9.17) is 14.5 Å². The molecule has 2 aromatic carbocycles. The number of rotatable bonds is 8. The fraction of sp³-hybridized carbons (Fsp3) is 0.407. The summed E-state index contributed by atoms with van der Waals surface area (Å²) in [7, 11) is 0. The van der Waals surface area contributed by atoms with Gasteiger partial charge in [-0.25, -0.2) is 0 Å². The lowest BCUT2D eigenvalue weighted by Crippen LogP contribution is -2.33. The van der Waals surface area contributed by atoms with Crippen molar-refractivity contribution in [3.8, 4) is 11.5 Å². The first-order chi connectivity index (χ1) is 15.3. The quantitative estimate of drug-likeness (QED) is 0.416. The van der Waals surface area contributed by atoms with E-state index in [1.54, 1.807) is 0 Å². The van der Waals surface area contributed by atoms with Crippen LogP contribution < -0.4 is 9.47 Å². The number of benzene rings is 2. The number of hydrogen-bond donors (Lipinski definition) is 1. The van der Waals surface area contributed by atoms with Crippen molar-refractivity contribution < 1.29 is 19.4 Å². The third-order valence-electron chi connectivity index (χ3n) is 5.42. The zero-order valence-electron chi connectivity index (χ0n) is 19.5. The van der Waals surface area contributed by atoms with E-state index in [0.29, 0.717) is 55.4 Å². The topological polar surface area (TPSA) is 68.1 Å². The Morgan fingerprint density at radius 1 is 0.969 bits per heavy atom. The largest absolute Gasteiger partial charge is 0.511 e. The molecule has 170 valence electrons. The number of aliphatic imine (C=N–C) groups is 1. The normalized spacial score (nSPS) is 18.5. The van der Waals surface area contributed by atoms with Crippen LogP contribution in [0.4, 0.5) is 0 Å². The monoisotopic (exact) mass is 435 g/mol. The molecule has 1 N–H and O–H groups in total. The van der Waals surface area contributed by atoms with Gasteiger partial charge in [-0.3, -0.25) is 9.79 Å². The SMILES string of the molecule is CCOc1ccc(C/C(O)=C2\C(=O)CC(C)(C)CC2=NCc2ccccc2)cc1OCC. The number of aliphatic hydroxyl groups excluding tert-OH is 1. The van der Waals surface area contributed by atoms with Crippen LogP contribution in [0.1, 0.15) is 51.7 Å². The van der Waals surface area contributed by atoms with E-state index in [9.17, 15) is 9.90 Å². The summed E-state index contributed by atoms with van der Waals surface area (Å²) >= 11 is 0. The maximum atomic E-state index is 13.0. The highest BCUT2D eigenvalue weighted by Gasteiger charge is 2.36. The summed E-state index contributed by atoms with van der Waals surface area (Å²) in [5.41, 5.74) is 2.79. The van der Waals surface area contributed by atoms with Gasteiger partial charge in [-0.05, 0) is 48.9 Å². The average Bonchev–Trinajstić information content (AvgIpc) is 2.74. The van der Waals surface area contributed by atoms with Gasteiger partial charge in [0.2, 0.25) is 0 Å². The molecule has 0 amide bonds. The number of Topliss-reactive ketones (excluding diaryl/α,β-unsaturated/α-hetero) is 1. The first-order valence-corrected chi connectivity index (χ1v) is 11.2. The molecule has 1 aliphatic rings. The van der Waals surface area contributed by atoms with E-state index in [1.807, 2.05) is 62.4 Å². The summed E-state index contributed by atoms with van der Waals surface area (Å²) in [5, 5.41) is 11.0. The lowest BCUT2D eigenvalue weighted by molar-refractivity contribution is -0.117. The number of carbonyl (C=O) groups is 1. The number of hydrogen-bond acceptors (Lipinski definition) is 5. The highest BCUT2D eigenvalue weighted by atomic mass is 16.5. The first kappa shape index (κ1) is 23.6. The maximum Gasteiger partial charge on any atom is 0.168 e. The number of ketones is 1. The Labute approximate surface area is 190 Å². The fourth-order valence-electron chi connectivity index (χ4n) is 4.01. The fourth-order valence-corrected chi connectivity index (χ4v) is 4.01. The smallest absolute Gasteiger partial charge is 0.168 e. The molecule has 0 aliphatic heterocycles. The molecular weight excluding hydrogens is 402 g/mol. The van der Waals surface area contributed by atoms with Gasteiger partial charge in [0, 0.05) is 18.6 Å². The lowest BCUT2D eigenvalue weighted by atomic mass is 9.73. The second kappa shape index (κ2) is 10.5. The molecule has 0 saturated heterocycles. The van der Waals surface area contributed by atoms with Gasteiger partial charge in [-0.2, -0.15) is 0 Å². The molecule has 0 radical (unpaired) electrons. The maximum absolute atomic E-state index is 13.0. The predicted octanol–water partition coefficient (Wildman–Crippen LogP) is 5.87. The van der Waals surface area contributed by atoms with E-state index in [1.165, 1.54) is 0 Å². The van der Waals surface area contributed by atoms with Gasteiger partial charge >= 0.3 is 0 Å². The molecule has 1 aliphatic carbocycles. The minimum Gasteiger partial charge on any atom is -0.511 e. The number of aliphatic hydroxyl groups is 1. The zero-order chi connectivity index (χ0) is 23.1. The van der Waals surface area contributed by atoms with Crippen LogP contribution in [0.3, 0.4) is 0 Å². The minimum atomic E-state index is -0.183. The van der Waals surface area contributed by atoms with E-state index in [0.717, 1.165) is 11.1 Å². The molecule has 1 saturated carbocycles. The van der Waals surface area contributed by atoms with Gasteiger partial charge in [0.05, 0.1) is 25.3 Å². The standard InChI is InChI=1S/C27H33NO4/c1-5-31-24-13-12-20(15-25(24)32-6-2)14-22(29)26-21(16-27(3,4)17-23(26)30)28-18-19-10-8-7-9-11-19/h7-13,15,29H,5-6,14,16-18H2,1-4H3/b26-22+,28-21?. The number of allylic oxidation sites excluding steroid dienone is 2. The zero-order valence-corrected chi connectivity index (χ0v) is 19.5. The van der Waals surface area contributed by atoms with Crippen molar-refractivity contribution in [2.45, 2.75) is 53.5 Å². The van der Waals surface area contributed by atoms with Crippen LogP contribution in [-0.2, 0) is 17.8 Å². The number of ether oxygens (including phenoxy) is 2. The van der Waals surface area contributed by atoms with Crippen LogP contribution in [0, 0.1) is 5.41 Å². The molecule has 0 bridgehead atoms. The van der Waals surface area contributed by atoms with Gasteiger partial charge in [-0.15, -0.1) is 0 Å². The molecule has 32 heavy (non-hydrogen) atoms. The highest BCUT2D eigenvalue weighted by Crippen LogP contribution is 2.36. The van der Waals surface area contributed by atoms with Crippen molar-refractivity contribution in [2.24, 2.45) is 10.4 Å². The van der Waals surface area contributed by atoms with Gasteiger partial charge in [0.15, 0.2) is 17.3 Å². The lowest BCUT2D eigenvalue weighted by Gasteiger charge is -2.31. The summed E-state index contributed by atoms with van der Waals surface area (Å²) in [6.45, 7) is 9.51. The van der Waals surface area contributed by atoms with Crippen LogP contribution in [0.2, 0.25) is 0 Å². The Morgan fingerprint density at radius 3 is 2.34 bits per heavy atom. The summed E-state index contributed by atoms with van der Waals surface area (Å²) < 4.78 is 11.3. The van der Waals surface area contributed by atoms with E-state index in [-0.39, 0.29) is 23.4 Å². The molecular formula is C27H33NO4. The summed E-state index contributed by atoms with van der Waals surface area (Å²) in [6, 6.07) is 15.5. The molecule has 5 nitrogen and oxygen atoms in total. The number of carbonyl (C=O) groups excluding carboxylic acids is 1. The summed E-state index contributed by atoms with van der Waals surface area (Å²) in [5.74, 6) is 1.31. The molecule has 0 atom stereocenters. The van der Waals surface area contributed by atoms with Crippen molar-refractivity contribution in [2.75, 3.05) is 13.2 Å². The third-order valence-corrected chi connectivity index (χ3v) is 5.42. The van der Waals surface area contributed by atoms with Crippen molar-refractivity contribution in [3.63, 3.8) is 0 Å². The van der Waals surface area contributed by atoms with Crippen molar-refractivity contribution in [1.82, 2.24) is 0 Å². The van der Waals surface area contributed by atoms with Gasteiger partial charge in [0.25, 0.3) is 0 Å². The van der Waals surface area contributed by atoms with Crippen molar-refractivity contribution in [1.29, 1.82) is 0 Å². The summed E-state index contributed by atoms with van der Waals surface area (Å²) in [4.78, 5) is 17.8. The minimum absolute atomic E-state index is 0.0541. The molecule has 0 aromatic heterocycles. The van der Waals surface area contributed by atoms with Crippen LogP contribution in [0.5, 0.6) is 11.5 Å². The second-order valence-electron chi connectivity index (χ2n) is 8.84. The third kappa shape index (κ3) is 6.00. The van der Waals surface area contributed by atoms with E-state index < -0.39 is 0 Å². The predicted molar refractivity (Wildman–Crippen MR) is 128 cm³/mol. The Balaban J connectivity index is 1.92. The van der Waals surface area contributed by atoms with Crippen LogP contribution in [-0.4, -0.2) is 29.8 Å². The first-order valence-electron chi connectivity index (χ1n) is 11.2. The summed E-state index contributed by atoms with van der Waals surface area (Å²) in [6.07, 6.45) is 1.28. The van der Waals surface area contributed by atoms with Gasteiger partial charge in [-0.1, -0.05) is 50.2 Å². The highest BCUT2D eigenvalue weighted by molar-refractivity contribution is 6.24. The van der Waals surface area contributed by atoms with Crippen LogP contribution >= 0.6 is 0 Å². The Hall–Kier alpha value is -3.08. The molecule has 2 aromatic rings.